The number of benzene rings is 1. The SMILES string of the molecule is COC(=O)N1CCC(NC(=O)COc2ccccc2OC)CC1. The fraction of sp³-hybridized carbons (Fsp3) is 0.500. The normalized spacial score (nSPS) is 15.0. The zero-order valence-corrected chi connectivity index (χ0v) is 13.4. The molecule has 0 unspecified atom stereocenters. The molecule has 0 spiro atoms. The number of nitrogens with one attached hydrogen (secondary N) is 1. The Balaban J connectivity index is 1.74. The molecule has 7 heteroatoms. The van der Waals surface area contributed by atoms with E-state index in [4.69, 9.17) is 9.47 Å². The van der Waals surface area contributed by atoms with Crippen LogP contribution in [0.3, 0.4) is 0 Å². The monoisotopic (exact) mass is 322 g/mol. The van der Waals surface area contributed by atoms with Gasteiger partial charge in [0.2, 0.25) is 0 Å². The molecular weight excluding hydrogens is 300 g/mol. The maximum atomic E-state index is 12.0. The zero-order chi connectivity index (χ0) is 16.7. The standard InChI is InChI=1S/C16H22N2O5/c1-21-13-5-3-4-6-14(13)23-11-15(19)17-12-7-9-18(10-8-12)16(20)22-2/h3-6,12H,7-11H2,1-2H3,(H,17,19). The molecule has 1 aliphatic heterocycles. The summed E-state index contributed by atoms with van der Waals surface area (Å²) >= 11 is 0. The summed E-state index contributed by atoms with van der Waals surface area (Å²) in [6.07, 6.45) is 1.08. The van der Waals surface area contributed by atoms with Crippen LogP contribution in [-0.4, -0.2) is 56.9 Å². The lowest BCUT2D eigenvalue weighted by atomic mass is 10.1. The molecule has 2 amide bonds. The van der Waals surface area contributed by atoms with Gasteiger partial charge in [-0.2, -0.15) is 0 Å². The predicted molar refractivity (Wildman–Crippen MR) is 83.6 cm³/mol. The van der Waals surface area contributed by atoms with Gasteiger partial charge < -0.3 is 24.4 Å². The first-order valence-corrected chi connectivity index (χ1v) is 7.52. The lowest BCUT2D eigenvalue weighted by Gasteiger charge is -2.31. The van der Waals surface area contributed by atoms with Crippen molar-refractivity contribution < 1.29 is 23.8 Å². The first-order valence-electron chi connectivity index (χ1n) is 7.52. The number of methoxy groups -OCH3 is 2. The minimum Gasteiger partial charge on any atom is -0.493 e. The molecule has 1 fully saturated rings. The van der Waals surface area contributed by atoms with E-state index in [0.29, 0.717) is 37.4 Å². The van der Waals surface area contributed by atoms with Gasteiger partial charge in [0, 0.05) is 19.1 Å². The first-order chi connectivity index (χ1) is 11.1. The molecule has 1 aliphatic rings. The van der Waals surface area contributed by atoms with Gasteiger partial charge in [-0.3, -0.25) is 4.79 Å². The predicted octanol–water partition coefficient (Wildman–Crippen LogP) is 1.42. The highest BCUT2D eigenvalue weighted by atomic mass is 16.5. The Bertz CT molecular complexity index is 541. The van der Waals surface area contributed by atoms with E-state index >= 15 is 0 Å². The van der Waals surface area contributed by atoms with Crippen LogP contribution in [-0.2, 0) is 9.53 Å². The number of ether oxygens (including phenoxy) is 3. The smallest absolute Gasteiger partial charge is 0.409 e. The number of carbonyl (C=O) groups excluding carboxylic acids is 2. The average molecular weight is 322 g/mol. The van der Waals surface area contributed by atoms with Crippen LogP contribution in [0.5, 0.6) is 11.5 Å². The largest absolute Gasteiger partial charge is 0.493 e. The number of para-hydroxylation sites is 2. The van der Waals surface area contributed by atoms with Gasteiger partial charge in [0.1, 0.15) is 0 Å². The molecule has 1 heterocycles. The summed E-state index contributed by atoms with van der Waals surface area (Å²) in [5, 5.41) is 2.92. The number of piperidine rings is 1. The van der Waals surface area contributed by atoms with Crippen LogP contribution >= 0.6 is 0 Å². The summed E-state index contributed by atoms with van der Waals surface area (Å²) in [4.78, 5) is 25.0. The highest BCUT2D eigenvalue weighted by molar-refractivity contribution is 5.78. The van der Waals surface area contributed by atoms with Crippen molar-refractivity contribution >= 4 is 12.0 Å². The van der Waals surface area contributed by atoms with Crippen LogP contribution in [0, 0.1) is 0 Å². The zero-order valence-electron chi connectivity index (χ0n) is 13.4. The topological polar surface area (TPSA) is 77.1 Å². The van der Waals surface area contributed by atoms with Crippen LogP contribution in [0.4, 0.5) is 4.79 Å². The Kier molecular flexibility index (Phi) is 6.08. The Labute approximate surface area is 135 Å². The van der Waals surface area contributed by atoms with Gasteiger partial charge in [-0.25, -0.2) is 4.79 Å². The van der Waals surface area contributed by atoms with Crippen molar-refractivity contribution in [3.63, 3.8) is 0 Å². The van der Waals surface area contributed by atoms with E-state index in [1.54, 1.807) is 24.1 Å². The second kappa shape index (κ2) is 8.26. The number of nitrogens with zero attached hydrogens (tertiary/aromatic N) is 1. The van der Waals surface area contributed by atoms with Gasteiger partial charge in [-0.05, 0) is 25.0 Å². The number of carbonyl (C=O) groups is 2. The molecular formula is C16H22N2O5. The summed E-state index contributed by atoms with van der Waals surface area (Å²) in [7, 11) is 2.92. The lowest BCUT2D eigenvalue weighted by molar-refractivity contribution is -0.124. The van der Waals surface area contributed by atoms with Crippen LogP contribution in [0.15, 0.2) is 24.3 Å². The maximum Gasteiger partial charge on any atom is 0.409 e. The van der Waals surface area contributed by atoms with Crippen molar-refractivity contribution in [2.75, 3.05) is 33.9 Å². The lowest BCUT2D eigenvalue weighted by Crippen LogP contribution is -2.47. The number of rotatable bonds is 5. The molecule has 1 N–H and O–H groups in total. The van der Waals surface area contributed by atoms with Crippen molar-refractivity contribution in [2.24, 2.45) is 0 Å². The Morgan fingerprint density at radius 2 is 1.83 bits per heavy atom. The van der Waals surface area contributed by atoms with Crippen molar-refractivity contribution in [2.45, 2.75) is 18.9 Å². The summed E-state index contributed by atoms with van der Waals surface area (Å²) in [6.45, 7) is 1.08. The third-order valence-corrected chi connectivity index (χ3v) is 3.72. The summed E-state index contributed by atoms with van der Waals surface area (Å²) in [5.41, 5.74) is 0. The minimum absolute atomic E-state index is 0.0460. The molecule has 0 aromatic heterocycles. The number of likely N-dealkylation sites (tertiary alicyclic amines) is 1. The number of hydrogen-bond donors (Lipinski definition) is 1. The Morgan fingerprint density at radius 3 is 2.43 bits per heavy atom. The molecule has 0 saturated carbocycles. The van der Waals surface area contributed by atoms with Gasteiger partial charge >= 0.3 is 6.09 Å². The molecule has 126 valence electrons. The van der Waals surface area contributed by atoms with Gasteiger partial charge in [0.05, 0.1) is 14.2 Å². The van der Waals surface area contributed by atoms with Gasteiger partial charge in [-0.15, -0.1) is 0 Å². The Hall–Kier alpha value is -2.44. The molecule has 0 radical (unpaired) electrons. The third-order valence-electron chi connectivity index (χ3n) is 3.72. The highest BCUT2D eigenvalue weighted by Crippen LogP contribution is 2.25. The van der Waals surface area contributed by atoms with Gasteiger partial charge in [0.15, 0.2) is 18.1 Å². The third kappa shape index (κ3) is 4.77. The fourth-order valence-corrected chi connectivity index (χ4v) is 2.49. The minimum atomic E-state index is -0.325. The fourth-order valence-electron chi connectivity index (χ4n) is 2.49. The van der Waals surface area contributed by atoms with Crippen molar-refractivity contribution in [3.05, 3.63) is 24.3 Å². The highest BCUT2D eigenvalue weighted by Gasteiger charge is 2.24. The van der Waals surface area contributed by atoms with E-state index in [2.05, 4.69) is 10.1 Å². The summed E-state index contributed by atoms with van der Waals surface area (Å²) in [5.74, 6) is 0.935. The molecule has 1 saturated heterocycles. The molecule has 0 atom stereocenters. The second-order valence-corrected chi connectivity index (χ2v) is 5.24. The van der Waals surface area contributed by atoms with Gasteiger partial charge in [0.25, 0.3) is 5.91 Å². The van der Waals surface area contributed by atoms with E-state index in [1.165, 1.54) is 7.11 Å². The summed E-state index contributed by atoms with van der Waals surface area (Å²) in [6, 6.07) is 7.22. The van der Waals surface area contributed by atoms with Crippen LogP contribution in [0.2, 0.25) is 0 Å². The van der Waals surface area contributed by atoms with Crippen LogP contribution in [0.25, 0.3) is 0 Å². The molecule has 23 heavy (non-hydrogen) atoms. The molecule has 0 bridgehead atoms. The molecule has 2 rings (SSSR count). The maximum absolute atomic E-state index is 12.0. The number of amides is 2. The molecule has 1 aromatic carbocycles. The van der Waals surface area contributed by atoms with E-state index in [-0.39, 0.29) is 24.6 Å². The molecule has 0 aliphatic carbocycles. The van der Waals surface area contributed by atoms with Crippen LogP contribution < -0.4 is 14.8 Å². The molecule has 7 nitrogen and oxygen atoms in total. The van der Waals surface area contributed by atoms with E-state index in [1.807, 2.05) is 12.1 Å². The quantitative estimate of drug-likeness (QED) is 0.887. The van der Waals surface area contributed by atoms with Crippen molar-refractivity contribution in [1.82, 2.24) is 10.2 Å². The van der Waals surface area contributed by atoms with Crippen molar-refractivity contribution in [1.29, 1.82) is 0 Å². The van der Waals surface area contributed by atoms with Crippen molar-refractivity contribution in [3.8, 4) is 11.5 Å². The first kappa shape index (κ1) is 16.9. The molecule has 1 aromatic rings. The summed E-state index contributed by atoms with van der Waals surface area (Å²) < 4.78 is 15.3. The average Bonchev–Trinajstić information content (AvgIpc) is 2.60. The van der Waals surface area contributed by atoms with E-state index < -0.39 is 0 Å². The van der Waals surface area contributed by atoms with Crippen LogP contribution in [0.1, 0.15) is 12.8 Å². The van der Waals surface area contributed by atoms with E-state index in [0.717, 1.165) is 0 Å². The van der Waals surface area contributed by atoms with E-state index in [9.17, 15) is 9.59 Å². The van der Waals surface area contributed by atoms with Gasteiger partial charge in [-0.1, -0.05) is 12.1 Å². The second-order valence-electron chi connectivity index (χ2n) is 5.24. The number of hydrogen-bond acceptors (Lipinski definition) is 5. The Morgan fingerprint density at radius 1 is 1.17 bits per heavy atom.